The van der Waals surface area contributed by atoms with E-state index in [1.165, 1.54) is 12.1 Å². The number of aromatic hydroxyl groups is 2. The smallest absolute Gasteiger partial charge is 0.137 e. The lowest BCUT2D eigenvalue weighted by molar-refractivity contribution is 0.308. The van der Waals surface area contributed by atoms with Gasteiger partial charge in [0.15, 0.2) is 0 Å². The second-order valence-corrected chi connectivity index (χ2v) is 4.66. The standard InChI is InChI=1S/C17H17NO3/c1-2-3-10-21-16-9-8-15(20)17(13(16)11-18)12-6-4-5-7-14(12)19/h4-9,19-20H,2-3,10H2,1H3. The van der Waals surface area contributed by atoms with Gasteiger partial charge < -0.3 is 14.9 Å². The lowest BCUT2D eigenvalue weighted by Crippen LogP contribution is -2.00. The second-order valence-electron chi connectivity index (χ2n) is 4.66. The molecule has 0 saturated heterocycles. The average molecular weight is 283 g/mol. The van der Waals surface area contributed by atoms with Crippen LogP contribution in [0.1, 0.15) is 25.3 Å². The minimum Gasteiger partial charge on any atom is -0.507 e. The lowest BCUT2D eigenvalue weighted by Gasteiger charge is -2.13. The molecule has 0 atom stereocenters. The Hall–Kier alpha value is -2.67. The normalized spacial score (nSPS) is 10.1. The van der Waals surface area contributed by atoms with Crippen molar-refractivity contribution in [3.05, 3.63) is 42.0 Å². The van der Waals surface area contributed by atoms with Crippen LogP contribution < -0.4 is 4.74 Å². The summed E-state index contributed by atoms with van der Waals surface area (Å²) < 4.78 is 5.61. The molecule has 4 heteroatoms. The van der Waals surface area contributed by atoms with Crippen molar-refractivity contribution in [1.29, 1.82) is 5.26 Å². The third-order valence-electron chi connectivity index (χ3n) is 3.19. The van der Waals surface area contributed by atoms with Crippen LogP contribution >= 0.6 is 0 Å². The monoisotopic (exact) mass is 283 g/mol. The topological polar surface area (TPSA) is 73.5 Å². The number of rotatable bonds is 5. The lowest BCUT2D eigenvalue weighted by atomic mass is 9.97. The molecule has 0 bridgehead atoms. The molecule has 0 aromatic heterocycles. The zero-order valence-corrected chi connectivity index (χ0v) is 11.8. The molecule has 0 saturated carbocycles. The van der Waals surface area contributed by atoms with E-state index in [1.807, 2.05) is 0 Å². The first-order chi connectivity index (χ1) is 10.2. The molecular formula is C17H17NO3. The number of unbranched alkanes of at least 4 members (excludes halogenated alkanes) is 1. The second kappa shape index (κ2) is 6.67. The Morgan fingerprint density at radius 1 is 1.10 bits per heavy atom. The fourth-order valence-electron chi connectivity index (χ4n) is 2.09. The molecule has 0 amide bonds. The quantitative estimate of drug-likeness (QED) is 0.818. The van der Waals surface area contributed by atoms with Gasteiger partial charge in [0.1, 0.15) is 28.9 Å². The number of benzene rings is 2. The Morgan fingerprint density at radius 3 is 2.52 bits per heavy atom. The molecule has 0 spiro atoms. The first-order valence-corrected chi connectivity index (χ1v) is 6.86. The van der Waals surface area contributed by atoms with Crippen LogP contribution in [0.15, 0.2) is 36.4 Å². The maximum atomic E-state index is 10.1. The summed E-state index contributed by atoms with van der Waals surface area (Å²) in [5, 5.41) is 29.4. The van der Waals surface area contributed by atoms with Crippen LogP contribution in [-0.4, -0.2) is 16.8 Å². The van der Waals surface area contributed by atoms with E-state index in [4.69, 9.17) is 4.74 Å². The van der Waals surface area contributed by atoms with E-state index in [-0.39, 0.29) is 17.1 Å². The summed E-state index contributed by atoms with van der Waals surface area (Å²) in [4.78, 5) is 0. The van der Waals surface area contributed by atoms with Crippen molar-refractivity contribution < 1.29 is 14.9 Å². The van der Waals surface area contributed by atoms with Crippen LogP contribution in [0.4, 0.5) is 0 Å². The van der Waals surface area contributed by atoms with Crippen molar-refractivity contribution in [2.24, 2.45) is 0 Å². The largest absolute Gasteiger partial charge is 0.507 e. The summed E-state index contributed by atoms with van der Waals surface area (Å²) in [5.74, 6) is 0.368. The molecule has 0 aliphatic carbocycles. The van der Waals surface area contributed by atoms with E-state index >= 15 is 0 Å². The summed E-state index contributed by atoms with van der Waals surface area (Å²) >= 11 is 0. The van der Waals surface area contributed by atoms with Gasteiger partial charge in [-0.2, -0.15) is 5.26 Å². The van der Waals surface area contributed by atoms with Gasteiger partial charge in [-0.15, -0.1) is 0 Å². The summed E-state index contributed by atoms with van der Waals surface area (Å²) in [6.07, 6.45) is 1.88. The fraction of sp³-hybridized carbons (Fsp3) is 0.235. The van der Waals surface area contributed by atoms with Gasteiger partial charge in [-0.25, -0.2) is 0 Å². The van der Waals surface area contributed by atoms with Gasteiger partial charge in [-0.05, 0) is 24.6 Å². The van der Waals surface area contributed by atoms with Gasteiger partial charge in [0.05, 0.1) is 6.61 Å². The van der Waals surface area contributed by atoms with Gasteiger partial charge in [0.25, 0.3) is 0 Å². The molecule has 2 aromatic carbocycles. The summed E-state index contributed by atoms with van der Waals surface area (Å²) in [7, 11) is 0. The van der Waals surface area contributed by atoms with Crippen LogP contribution in [0.2, 0.25) is 0 Å². The van der Waals surface area contributed by atoms with Crippen molar-refractivity contribution in [2.75, 3.05) is 6.61 Å². The maximum absolute atomic E-state index is 10.1. The van der Waals surface area contributed by atoms with Crippen molar-refractivity contribution in [3.63, 3.8) is 0 Å². The Labute approximate surface area is 123 Å². The Kier molecular flexibility index (Phi) is 4.68. The highest BCUT2D eigenvalue weighted by Gasteiger charge is 2.18. The number of nitriles is 1. The first kappa shape index (κ1) is 14.7. The molecule has 0 fully saturated rings. The minimum atomic E-state index is -0.0594. The van der Waals surface area contributed by atoms with Crippen LogP contribution in [0.25, 0.3) is 11.1 Å². The predicted octanol–water partition coefficient (Wildman–Crippen LogP) is 3.82. The van der Waals surface area contributed by atoms with Crippen LogP contribution in [-0.2, 0) is 0 Å². The van der Waals surface area contributed by atoms with E-state index in [1.54, 1.807) is 24.3 Å². The van der Waals surface area contributed by atoms with Crippen molar-refractivity contribution in [2.45, 2.75) is 19.8 Å². The van der Waals surface area contributed by atoms with Crippen molar-refractivity contribution >= 4 is 0 Å². The summed E-state index contributed by atoms with van der Waals surface area (Å²) in [6, 6.07) is 11.7. The Bertz CT molecular complexity index is 674. The molecule has 0 unspecified atom stereocenters. The third kappa shape index (κ3) is 3.09. The van der Waals surface area contributed by atoms with Crippen molar-refractivity contribution in [1.82, 2.24) is 0 Å². The number of para-hydroxylation sites is 1. The molecule has 0 aliphatic rings. The van der Waals surface area contributed by atoms with Crippen molar-refractivity contribution in [3.8, 4) is 34.4 Å². The third-order valence-corrected chi connectivity index (χ3v) is 3.19. The number of ether oxygens (including phenoxy) is 1. The average Bonchev–Trinajstić information content (AvgIpc) is 2.49. The number of nitrogens with zero attached hydrogens (tertiary/aromatic N) is 1. The Morgan fingerprint density at radius 2 is 1.86 bits per heavy atom. The van der Waals surface area contributed by atoms with E-state index in [0.717, 1.165) is 12.8 Å². The van der Waals surface area contributed by atoms with E-state index in [0.29, 0.717) is 23.5 Å². The van der Waals surface area contributed by atoms with E-state index in [9.17, 15) is 15.5 Å². The van der Waals surface area contributed by atoms with Gasteiger partial charge in [-0.3, -0.25) is 0 Å². The molecule has 2 N–H and O–H groups in total. The molecule has 108 valence electrons. The number of hydrogen-bond acceptors (Lipinski definition) is 4. The zero-order chi connectivity index (χ0) is 15.2. The van der Waals surface area contributed by atoms with Gasteiger partial charge >= 0.3 is 0 Å². The number of phenols is 2. The molecule has 4 nitrogen and oxygen atoms in total. The molecule has 0 heterocycles. The molecule has 0 aliphatic heterocycles. The SMILES string of the molecule is CCCCOc1ccc(O)c(-c2ccccc2O)c1C#N. The number of hydrogen-bond donors (Lipinski definition) is 2. The first-order valence-electron chi connectivity index (χ1n) is 6.86. The Balaban J connectivity index is 2.53. The van der Waals surface area contributed by atoms with E-state index < -0.39 is 0 Å². The van der Waals surface area contributed by atoms with Crippen LogP contribution in [0, 0.1) is 11.3 Å². The summed E-state index contributed by atoms with van der Waals surface area (Å²) in [5.41, 5.74) is 0.935. The minimum absolute atomic E-state index is 0.00927. The zero-order valence-electron chi connectivity index (χ0n) is 11.8. The van der Waals surface area contributed by atoms with Crippen LogP contribution in [0.3, 0.4) is 0 Å². The van der Waals surface area contributed by atoms with E-state index in [2.05, 4.69) is 13.0 Å². The molecule has 2 rings (SSSR count). The highest BCUT2D eigenvalue weighted by molar-refractivity contribution is 5.82. The molecule has 21 heavy (non-hydrogen) atoms. The maximum Gasteiger partial charge on any atom is 0.137 e. The van der Waals surface area contributed by atoms with Gasteiger partial charge in [0.2, 0.25) is 0 Å². The number of phenolic OH excluding ortho intramolecular Hbond substituents is 2. The predicted molar refractivity (Wildman–Crippen MR) is 80.3 cm³/mol. The molecule has 0 radical (unpaired) electrons. The molecule has 2 aromatic rings. The summed E-state index contributed by atoms with van der Waals surface area (Å²) in [6.45, 7) is 2.56. The highest BCUT2D eigenvalue weighted by Crippen LogP contribution is 2.41. The van der Waals surface area contributed by atoms with Gasteiger partial charge in [-0.1, -0.05) is 31.5 Å². The molecular weight excluding hydrogens is 266 g/mol. The highest BCUT2D eigenvalue weighted by atomic mass is 16.5. The fourth-order valence-corrected chi connectivity index (χ4v) is 2.09. The van der Waals surface area contributed by atoms with Crippen LogP contribution in [0.5, 0.6) is 17.2 Å². The van der Waals surface area contributed by atoms with Gasteiger partial charge in [0, 0.05) is 11.1 Å².